The summed E-state index contributed by atoms with van der Waals surface area (Å²) in [5.41, 5.74) is 0.649. The van der Waals surface area contributed by atoms with E-state index in [1.807, 2.05) is 0 Å². The lowest BCUT2D eigenvalue weighted by molar-refractivity contribution is -0.138. The quantitative estimate of drug-likeness (QED) is 0.324. The van der Waals surface area contributed by atoms with E-state index in [2.05, 4.69) is 15.5 Å². The predicted octanol–water partition coefficient (Wildman–Crippen LogP) is 2.44. The number of thioether (sulfide) groups is 1. The number of hydrogen-bond donors (Lipinski definition) is 2. The van der Waals surface area contributed by atoms with Crippen LogP contribution in [-0.4, -0.2) is 39.6 Å². The van der Waals surface area contributed by atoms with Gasteiger partial charge in [-0.05, 0) is 35.9 Å². The minimum atomic E-state index is -1.08. The van der Waals surface area contributed by atoms with Crippen LogP contribution < -0.4 is 10.1 Å². The standard InChI is InChI=1S/C19H14FN3O5S/c20-13-5-2-4-12(8-13)18(27)28-14-6-1-3-11(7-14)10-21-23-19-22-17(26)15(29-19)9-16(24)25/h1-8,10,15H,9H2,(H,24,25)(H,22,23,26)/b21-10-/t15-/m0/s1. The van der Waals surface area contributed by atoms with Crippen molar-refractivity contribution >= 4 is 41.0 Å². The van der Waals surface area contributed by atoms with Gasteiger partial charge in [0.05, 0.1) is 18.2 Å². The third-order valence-electron chi connectivity index (χ3n) is 3.62. The van der Waals surface area contributed by atoms with Gasteiger partial charge in [-0.15, -0.1) is 5.10 Å². The maximum atomic E-state index is 13.2. The molecule has 0 radical (unpaired) electrons. The fourth-order valence-corrected chi connectivity index (χ4v) is 3.25. The number of ether oxygens (including phenoxy) is 1. The van der Waals surface area contributed by atoms with E-state index in [0.29, 0.717) is 5.56 Å². The number of carbonyl (C=O) groups excluding carboxylic acids is 2. The van der Waals surface area contributed by atoms with Gasteiger partial charge in [-0.2, -0.15) is 5.10 Å². The lowest BCUT2D eigenvalue weighted by Gasteiger charge is -2.05. The second-order valence-corrected chi connectivity index (χ2v) is 7.01. The number of halogens is 1. The molecule has 0 unspecified atom stereocenters. The zero-order valence-electron chi connectivity index (χ0n) is 14.7. The molecular weight excluding hydrogens is 401 g/mol. The van der Waals surface area contributed by atoms with E-state index >= 15 is 0 Å². The Kier molecular flexibility index (Phi) is 6.35. The van der Waals surface area contributed by atoms with Crippen molar-refractivity contribution in [2.75, 3.05) is 0 Å². The maximum absolute atomic E-state index is 13.2. The highest BCUT2D eigenvalue weighted by Gasteiger charge is 2.32. The van der Waals surface area contributed by atoms with Crippen molar-refractivity contribution in [2.24, 2.45) is 10.2 Å². The highest BCUT2D eigenvalue weighted by molar-refractivity contribution is 8.15. The van der Waals surface area contributed by atoms with Crippen molar-refractivity contribution in [3.8, 4) is 5.75 Å². The number of rotatable bonds is 6. The number of esters is 1. The highest BCUT2D eigenvalue weighted by Crippen LogP contribution is 2.22. The average Bonchev–Trinajstić information content (AvgIpc) is 3.00. The number of benzene rings is 2. The Labute approximate surface area is 168 Å². The van der Waals surface area contributed by atoms with Crippen LogP contribution in [0.3, 0.4) is 0 Å². The molecule has 1 fully saturated rings. The monoisotopic (exact) mass is 415 g/mol. The molecule has 1 heterocycles. The molecule has 29 heavy (non-hydrogen) atoms. The van der Waals surface area contributed by atoms with Crippen LogP contribution in [0.15, 0.2) is 58.7 Å². The molecule has 0 aromatic heterocycles. The maximum Gasteiger partial charge on any atom is 0.343 e. The summed E-state index contributed by atoms with van der Waals surface area (Å²) in [6.45, 7) is 0. The summed E-state index contributed by atoms with van der Waals surface area (Å²) in [7, 11) is 0. The van der Waals surface area contributed by atoms with Crippen LogP contribution in [-0.2, 0) is 9.59 Å². The second-order valence-electron chi connectivity index (χ2n) is 5.82. The van der Waals surface area contributed by atoms with Gasteiger partial charge in [-0.3, -0.25) is 9.59 Å². The fourth-order valence-electron chi connectivity index (χ4n) is 2.33. The van der Waals surface area contributed by atoms with Gasteiger partial charge in [0.1, 0.15) is 16.8 Å². The molecule has 1 atom stereocenters. The molecule has 0 spiro atoms. The number of carbonyl (C=O) groups is 3. The van der Waals surface area contributed by atoms with Crippen molar-refractivity contribution in [1.29, 1.82) is 0 Å². The number of carboxylic acid groups (broad SMARTS) is 1. The van der Waals surface area contributed by atoms with Gasteiger partial charge in [0, 0.05) is 0 Å². The zero-order valence-corrected chi connectivity index (χ0v) is 15.6. The largest absolute Gasteiger partial charge is 0.481 e. The molecule has 3 rings (SSSR count). The van der Waals surface area contributed by atoms with Crippen LogP contribution in [0.1, 0.15) is 22.3 Å². The Hall–Kier alpha value is -3.53. The molecule has 1 saturated heterocycles. The van der Waals surface area contributed by atoms with Gasteiger partial charge < -0.3 is 15.2 Å². The van der Waals surface area contributed by atoms with Crippen LogP contribution >= 0.6 is 11.8 Å². The number of hydrogen-bond acceptors (Lipinski definition) is 7. The third-order valence-corrected chi connectivity index (χ3v) is 4.69. The van der Waals surface area contributed by atoms with Crippen molar-refractivity contribution < 1.29 is 28.6 Å². The molecule has 10 heteroatoms. The number of nitrogens with zero attached hydrogens (tertiary/aromatic N) is 2. The van der Waals surface area contributed by atoms with Gasteiger partial charge in [-0.1, -0.05) is 30.0 Å². The molecule has 2 aromatic carbocycles. The Morgan fingerprint density at radius 1 is 1.24 bits per heavy atom. The predicted molar refractivity (Wildman–Crippen MR) is 105 cm³/mol. The number of carboxylic acids is 1. The molecule has 0 bridgehead atoms. The number of amides is 1. The number of aliphatic carboxylic acids is 1. The van der Waals surface area contributed by atoms with E-state index in [-0.39, 0.29) is 22.9 Å². The molecule has 1 amide bonds. The van der Waals surface area contributed by atoms with Crippen LogP contribution in [0.25, 0.3) is 0 Å². The number of amidine groups is 1. The Bertz CT molecular complexity index is 1020. The highest BCUT2D eigenvalue weighted by atomic mass is 32.2. The smallest absolute Gasteiger partial charge is 0.343 e. The lowest BCUT2D eigenvalue weighted by atomic mass is 10.2. The zero-order chi connectivity index (χ0) is 20.8. The first kappa shape index (κ1) is 20.2. The molecule has 148 valence electrons. The molecular formula is C19H14FN3O5S. The Morgan fingerprint density at radius 2 is 2.03 bits per heavy atom. The average molecular weight is 415 g/mol. The molecule has 2 N–H and O–H groups in total. The van der Waals surface area contributed by atoms with Crippen LogP contribution in [0.5, 0.6) is 5.75 Å². The van der Waals surface area contributed by atoms with E-state index in [9.17, 15) is 18.8 Å². The van der Waals surface area contributed by atoms with Crippen LogP contribution in [0, 0.1) is 5.82 Å². The normalized spacial score (nSPS) is 17.5. The molecule has 1 aliphatic heterocycles. The summed E-state index contributed by atoms with van der Waals surface area (Å²) in [6.07, 6.45) is 1.07. The molecule has 8 nitrogen and oxygen atoms in total. The molecule has 2 aromatic rings. The Balaban J connectivity index is 1.63. The van der Waals surface area contributed by atoms with Crippen molar-refractivity contribution in [1.82, 2.24) is 5.32 Å². The first-order valence-corrected chi connectivity index (χ1v) is 9.17. The lowest BCUT2D eigenvalue weighted by Crippen LogP contribution is -2.26. The minimum Gasteiger partial charge on any atom is -0.481 e. The summed E-state index contributed by atoms with van der Waals surface area (Å²) in [6, 6.07) is 11.6. The van der Waals surface area contributed by atoms with Gasteiger partial charge >= 0.3 is 11.9 Å². The fraction of sp³-hybridized carbons (Fsp3) is 0.105. The van der Waals surface area contributed by atoms with E-state index in [4.69, 9.17) is 9.84 Å². The summed E-state index contributed by atoms with van der Waals surface area (Å²) in [4.78, 5) is 34.4. The SMILES string of the molecule is O=C(O)C[C@@H]1S/C(=N\N=C/c2cccc(OC(=O)c3cccc(F)c3)c2)NC1=O. The van der Waals surface area contributed by atoms with E-state index in [1.165, 1.54) is 30.5 Å². The van der Waals surface area contributed by atoms with Gasteiger partial charge in [0.2, 0.25) is 5.91 Å². The van der Waals surface area contributed by atoms with Crippen molar-refractivity contribution in [3.63, 3.8) is 0 Å². The second kappa shape index (κ2) is 9.11. The summed E-state index contributed by atoms with van der Waals surface area (Å²) >= 11 is 0.987. The van der Waals surface area contributed by atoms with Crippen molar-refractivity contribution in [2.45, 2.75) is 11.7 Å². The molecule has 0 aliphatic carbocycles. The first-order valence-electron chi connectivity index (χ1n) is 8.29. The molecule has 1 aliphatic rings. The van der Waals surface area contributed by atoms with Gasteiger partial charge in [0.15, 0.2) is 5.17 Å². The minimum absolute atomic E-state index is 0.0837. The Morgan fingerprint density at radius 3 is 2.79 bits per heavy atom. The first-order chi connectivity index (χ1) is 13.9. The van der Waals surface area contributed by atoms with Crippen LogP contribution in [0.4, 0.5) is 4.39 Å². The van der Waals surface area contributed by atoms with E-state index < -0.39 is 28.9 Å². The summed E-state index contributed by atoms with van der Waals surface area (Å²) in [5, 5.41) is 18.4. The van der Waals surface area contributed by atoms with E-state index in [1.54, 1.807) is 18.2 Å². The van der Waals surface area contributed by atoms with Crippen LogP contribution in [0.2, 0.25) is 0 Å². The van der Waals surface area contributed by atoms with Gasteiger partial charge in [-0.25, -0.2) is 9.18 Å². The number of nitrogens with one attached hydrogen (secondary N) is 1. The molecule has 0 saturated carbocycles. The van der Waals surface area contributed by atoms with Crippen molar-refractivity contribution in [3.05, 3.63) is 65.5 Å². The topological polar surface area (TPSA) is 117 Å². The van der Waals surface area contributed by atoms with E-state index in [0.717, 1.165) is 17.8 Å². The summed E-state index contributed by atoms with van der Waals surface area (Å²) < 4.78 is 18.4. The van der Waals surface area contributed by atoms with Gasteiger partial charge in [0.25, 0.3) is 0 Å². The third kappa shape index (κ3) is 5.72. The summed E-state index contributed by atoms with van der Waals surface area (Å²) in [5.74, 6) is -2.51.